The molecule has 0 atom stereocenters. The molecule has 2 nitrogen and oxygen atoms in total. The van der Waals surface area contributed by atoms with E-state index in [4.69, 9.17) is 11.0 Å². The summed E-state index contributed by atoms with van der Waals surface area (Å²) in [5.74, 6) is -0.448. The van der Waals surface area contributed by atoms with E-state index in [1.165, 1.54) is 12.1 Å². The molecule has 0 radical (unpaired) electrons. The fraction of sp³-hybridized carbons (Fsp3) is 0. The maximum Gasteiger partial charge on any atom is 0.139 e. The highest BCUT2D eigenvalue weighted by atomic mass is 32.2. The van der Waals surface area contributed by atoms with Gasteiger partial charge in [-0.2, -0.15) is 5.26 Å². The van der Waals surface area contributed by atoms with E-state index in [2.05, 4.69) is 0 Å². The Hall–Kier alpha value is -1.21. The summed E-state index contributed by atoms with van der Waals surface area (Å²) in [6, 6.07) is 4.24. The van der Waals surface area contributed by atoms with Gasteiger partial charge in [0.15, 0.2) is 0 Å². The predicted molar refractivity (Wildman–Crippen MR) is 42.3 cm³/mol. The molecule has 56 valence electrons. The minimum absolute atomic E-state index is 0.307. The van der Waals surface area contributed by atoms with Gasteiger partial charge in [-0.15, -0.1) is 0 Å². The summed E-state index contributed by atoms with van der Waals surface area (Å²) in [5.41, 5.74) is 5.66. The van der Waals surface area contributed by atoms with Crippen molar-refractivity contribution < 1.29 is 4.39 Å². The summed E-state index contributed by atoms with van der Waals surface area (Å²) in [4.78, 5) is 0.307. The molecule has 0 aliphatic carbocycles. The second-order valence-corrected chi connectivity index (χ2v) is 2.71. The third-order valence-electron chi connectivity index (χ3n) is 1.11. The smallest absolute Gasteiger partial charge is 0.139 e. The fourth-order valence-electron chi connectivity index (χ4n) is 0.649. The zero-order valence-corrected chi connectivity index (χ0v) is 6.36. The molecule has 0 amide bonds. The van der Waals surface area contributed by atoms with Crippen LogP contribution in [0.2, 0.25) is 0 Å². The van der Waals surface area contributed by atoms with Crippen LogP contribution in [0, 0.1) is 16.5 Å². The first kappa shape index (κ1) is 7.89. The molecule has 0 aromatic heterocycles. The standard InChI is InChI=1S/C7H5FN2S/c8-6-3-5(10)1-2-7(6)11-4-9/h1-3H,10H2. The largest absolute Gasteiger partial charge is 0.399 e. The van der Waals surface area contributed by atoms with E-state index in [1.54, 1.807) is 11.5 Å². The van der Waals surface area contributed by atoms with Crippen molar-refractivity contribution in [2.45, 2.75) is 4.90 Å². The maximum absolute atomic E-state index is 12.8. The van der Waals surface area contributed by atoms with Gasteiger partial charge in [0.2, 0.25) is 0 Å². The molecule has 1 rings (SSSR count). The number of nitrogens with two attached hydrogens (primary N) is 1. The Morgan fingerprint density at radius 3 is 2.82 bits per heavy atom. The lowest BCUT2D eigenvalue weighted by Gasteiger charge is -1.96. The SMILES string of the molecule is N#CSc1ccc(N)cc1F. The van der Waals surface area contributed by atoms with Crippen LogP contribution in [0.5, 0.6) is 0 Å². The summed E-state index contributed by atoms with van der Waals surface area (Å²) in [6.45, 7) is 0. The van der Waals surface area contributed by atoms with Crippen molar-refractivity contribution in [3.05, 3.63) is 24.0 Å². The molecule has 1 aromatic carbocycles. The number of thioether (sulfide) groups is 1. The van der Waals surface area contributed by atoms with Gasteiger partial charge in [-0.25, -0.2) is 4.39 Å². The van der Waals surface area contributed by atoms with E-state index in [-0.39, 0.29) is 0 Å². The fourth-order valence-corrected chi connectivity index (χ4v) is 1.04. The number of benzene rings is 1. The van der Waals surface area contributed by atoms with E-state index in [9.17, 15) is 4.39 Å². The van der Waals surface area contributed by atoms with Crippen LogP contribution in [-0.4, -0.2) is 0 Å². The molecular formula is C7H5FN2S. The van der Waals surface area contributed by atoms with Gasteiger partial charge in [-0.05, 0) is 30.0 Å². The van der Waals surface area contributed by atoms with Crippen molar-refractivity contribution in [1.82, 2.24) is 0 Å². The highest BCUT2D eigenvalue weighted by Gasteiger charge is 2.01. The highest BCUT2D eigenvalue weighted by Crippen LogP contribution is 2.21. The molecule has 0 bridgehead atoms. The molecule has 0 fully saturated rings. The molecule has 0 saturated carbocycles. The number of rotatable bonds is 1. The van der Waals surface area contributed by atoms with Crippen LogP contribution < -0.4 is 5.73 Å². The number of thiocyanates is 1. The van der Waals surface area contributed by atoms with Crippen LogP contribution in [-0.2, 0) is 0 Å². The third-order valence-corrected chi connectivity index (χ3v) is 1.75. The topological polar surface area (TPSA) is 49.8 Å². The number of nitrogen functional groups attached to an aromatic ring is 1. The minimum Gasteiger partial charge on any atom is -0.399 e. The van der Waals surface area contributed by atoms with Gasteiger partial charge in [-0.3, -0.25) is 0 Å². The van der Waals surface area contributed by atoms with E-state index in [0.29, 0.717) is 10.6 Å². The number of nitrogens with zero attached hydrogens (tertiary/aromatic N) is 1. The van der Waals surface area contributed by atoms with E-state index >= 15 is 0 Å². The van der Waals surface area contributed by atoms with Gasteiger partial charge in [0, 0.05) is 5.69 Å². The summed E-state index contributed by atoms with van der Waals surface area (Å²) >= 11 is 0.786. The Labute approximate surface area is 67.8 Å². The zero-order valence-electron chi connectivity index (χ0n) is 5.54. The molecule has 2 N–H and O–H groups in total. The van der Waals surface area contributed by atoms with Crippen molar-refractivity contribution in [3.8, 4) is 5.40 Å². The minimum atomic E-state index is -0.448. The quantitative estimate of drug-likeness (QED) is 0.396. The number of hydrogen-bond acceptors (Lipinski definition) is 3. The lowest BCUT2D eigenvalue weighted by atomic mass is 10.3. The highest BCUT2D eigenvalue weighted by molar-refractivity contribution is 8.03. The monoisotopic (exact) mass is 168 g/mol. The molecule has 0 heterocycles. The first-order valence-electron chi connectivity index (χ1n) is 2.85. The first-order valence-corrected chi connectivity index (χ1v) is 3.66. The van der Waals surface area contributed by atoms with E-state index in [1.807, 2.05) is 0 Å². The van der Waals surface area contributed by atoms with Crippen LogP contribution in [0.1, 0.15) is 0 Å². The number of hydrogen-bond donors (Lipinski definition) is 1. The lowest BCUT2D eigenvalue weighted by molar-refractivity contribution is 0.603. The summed E-state index contributed by atoms with van der Waals surface area (Å²) in [5, 5.41) is 10.0. The van der Waals surface area contributed by atoms with Gasteiger partial charge in [0.1, 0.15) is 11.2 Å². The zero-order chi connectivity index (χ0) is 8.27. The summed E-state index contributed by atoms with van der Waals surface area (Å²) < 4.78 is 12.8. The van der Waals surface area contributed by atoms with E-state index in [0.717, 1.165) is 11.8 Å². The van der Waals surface area contributed by atoms with Crippen molar-refractivity contribution in [1.29, 1.82) is 5.26 Å². The van der Waals surface area contributed by atoms with Crippen LogP contribution in [0.4, 0.5) is 10.1 Å². The Balaban J connectivity index is 3.01. The Kier molecular flexibility index (Phi) is 2.34. The van der Waals surface area contributed by atoms with Crippen molar-refractivity contribution in [2.75, 3.05) is 5.73 Å². The molecule has 0 spiro atoms. The van der Waals surface area contributed by atoms with Gasteiger partial charge in [0.25, 0.3) is 0 Å². The van der Waals surface area contributed by atoms with Crippen LogP contribution in [0.15, 0.2) is 23.1 Å². The molecule has 0 aliphatic rings. The average Bonchev–Trinajstić information content (AvgIpc) is 1.95. The van der Waals surface area contributed by atoms with Crippen LogP contribution in [0.3, 0.4) is 0 Å². The normalized spacial score (nSPS) is 9.09. The molecule has 11 heavy (non-hydrogen) atoms. The van der Waals surface area contributed by atoms with Crippen LogP contribution in [0.25, 0.3) is 0 Å². The molecule has 0 saturated heterocycles. The average molecular weight is 168 g/mol. The second kappa shape index (κ2) is 3.26. The molecular weight excluding hydrogens is 163 g/mol. The Morgan fingerprint density at radius 2 is 2.27 bits per heavy atom. The van der Waals surface area contributed by atoms with Crippen molar-refractivity contribution in [2.24, 2.45) is 0 Å². The van der Waals surface area contributed by atoms with E-state index < -0.39 is 5.82 Å². The molecule has 0 aliphatic heterocycles. The number of nitriles is 1. The summed E-state index contributed by atoms with van der Waals surface area (Å²) in [7, 11) is 0. The van der Waals surface area contributed by atoms with Gasteiger partial charge < -0.3 is 5.73 Å². The second-order valence-electron chi connectivity index (χ2n) is 1.88. The van der Waals surface area contributed by atoms with Crippen molar-refractivity contribution in [3.63, 3.8) is 0 Å². The van der Waals surface area contributed by atoms with Gasteiger partial charge in [-0.1, -0.05) is 0 Å². The van der Waals surface area contributed by atoms with Gasteiger partial charge in [0.05, 0.1) is 4.90 Å². The summed E-state index contributed by atoms with van der Waals surface area (Å²) in [6.07, 6.45) is 0. The number of halogens is 1. The maximum atomic E-state index is 12.8. The van der Waals surface area contributed by atoms with Crippen molar-refractivity contribution >= 4 is 17.4 Å². The Morgan fingerprint density at radius 1 is 1.55 bits per heavy atom. The number of anilines is 1. The lowest BCUT2D eigenvalue weighted by Crippen LogP contribution is -1.86. The molecule has 0 unspecified atom stereocenters. The molecule has 4 heteroatoms. The van der Waals surface area contributed by atoms with Crippen LogP contribution >= 0.6 is 11.8 Å². The first-order chi connectivity index (χ1) is 5.24. The third kappa shape index (κ3) is 1.85. The van der Waals surface area contributed by atoms with Gasteiger partial charge >= 0.3 is 0 Å². The molecule has 1 aromatic rings. The predicted octanol–water partition coefficient (Wildman–Crippen LogP) is 1.98. The Bertz CT molecular complexity index is 306.